The molecule has 1 aromatic carbocycles. The highest BCUT2D eigenvalue weighted by Gasteiger charge is 2.10. The monoisotopic (exact) mass is 208 g/mol. The van der Waals surface area contributed by atoms with E-state index in [0.29, 0.717) is 0 Å². The van der Waals surface area contributed by atoms with E-state index in [2.05, 4.69) is 0 Å². The third kappa shape index (κ3) is 1.28. The first-order chi connectivity index (χ1) is 6.59. The zero-order chi connectivity index (χ0) is 10.3. The zero-order valence-corrected chi connectivity index (χ0v) is 8.41. The van der Waals surface area contributed by atoms with Gasteiger partial charge >= 0.3 is 0 Å². The number of halogens is 1. The third-order valence-electron chi connectivity index (χ3n) is 2.14. The first-order valence-electron chi connectivity index (χ1n) is 4.12. The summed E-state index contributed by atoms with van der Waals surface area (Å²) in [4.78, 5) is 0.727. The van der Waals surface area contributed by atoms with Crippen molar-refractivity contribution in [3.8, 4) is 0 Å². The van der Waals surface area contributed by atoms with Gasteiger partial charge in [-0.2, -0.15) is 0 Å². The second-order valence-corrected chi connectivity index (χ2v) is 4.16. The number of amidine groups is 1. The summed E-state index contributed by atoms with van der Waals surface area (Å²) in [7, 11) is 0. The Morgan fingerprint density at radius 2 is 2.21 bits per heavy atom. The average Bonchev–Trinajstić information content (AvgIpc) is 2.44. The van der Waals surface area contributed by atoms with E-state index in [4.69, 9.17) is 11.1 Å². The molecule has 0 saturated heterocycles. The number of thiophene rings is 1. The van der Waals surface area contributed by atoms with E-state index < -0.39 is 0 Å². The number of hydrogen-bond donors (Lipinski definition) is 2. The first kappa shape index (κ1) is 9.15. The number of nitrogens with one attached hydrogen (secondary N) is 1. The first-order valence-corrected chi connectivity index (χ1v) is 4.94. The number of benzene rings is 1. The second-order valence-electron chi connectivity index (χ2n) is 3.11. The van der Waals surface area contributed by atoms with E-state index >= 15 is 0 Å². The Kier molecular flexibility index (Phi) is 2.00. The molecule has 0 amide bonds. The van der Waals surface area contributed by atoms with Gasteiger partial charge < -0.3 is 5.73 Å². The van der Waals surface area contributed by atoms with Gasteiger partial charge in [-0.05, 0) is 36.1 Å². The van der Waals surface area contributed by atoms with Gasteiger partial charge in [0.05, 0.1) is 4.88 Å². The molecule has 0 bridgehead atoms. The van der Waals surface area contributed by atoms with Gasteiger partial charge in [0, 0.05) is 4.70 Å². The van der Waals surface area contributed by atoms with Crippen LogP contribution in [0.2, 0.25) is 0 Å². The lowest BCUT2D eigenvalue weighted by Crippen LogP contribution is -2.09. The molecule has 1 aromatic heterocycles. The molecule has 1 heterocycles. The van der Waals surface area contributed by atoms with Crippen LogP contribution in [0.5, 0.6) is 0 Å². The molecule has 0 unspecified atom stereocenters. The molecule has 0 aliphatic rings. The molecule has 4 heteroatoms. The lowest BCUT2D eigenvalue weighted by atomic mass is 10.1. The van der Waals surface area contributed by atoms with E-state index in [1.54, 1.807) is 6.07 Å². The number of aryl methyl sites for hydroxylation is 1. The summed E-state index contributed by atoms with van der Waals surface area (Å²) in [5.41, 5.74) is 6.30. The highest BCUT2D eigenvalue weighted by Crippen LogP contribution is 2.30. The van der Waals surface area contributed by atoms with Crippen LogP contribution in [0.4, 0.5) is 4.39 Å². The van der Waals surface area contributed by atoms with Gasteiger partial charge in [0.25, 0.3) is 0 Å². The number of nitrogen functional groups attached to an aromatic ring is 1. The van der Waals surface area contributed by atoms with Crippen LogP contribution in [0.25, 0.3) is 10.1 Å². The maximum atomic E-state index is 12.9. The summed E-state index contributed by atoms with van der Waals surface area (Å²) in [5.74, 6) is -0.211. The number of rotatable bonds is 1. The van der Waals surface area contributed by atoms with Crippen LogP contribution in [0, 0.1) is 18.2 Å². The lowest BCUT2D eigenvalue weighted by Gasteiger charge is -1.94. The molecule has 14 heavy (non-hydrogen) atoms. The summed E-state index contributed by atoms with van der Waals surface area (Å²) in [6, 6.07) is 4.62. The van der Waals surface area contributed by atoms with Crippen molar-refractivity contribution < 1.29 is 4.39 Å². The third-order valence-corrected chi connectivity index (χ3v) is 3.45. The fraction of sp³-hybridized carbons (Fsp3) is 0.100. The fourth-order valence-corrected chi connectivity index (χ4v) is 2.50. The highest BCUT2D eigenvalue weighted by atomic mass is 32.1. The van der Waals surface area contributed by atoms with Gasteiger partial charge in [-0.15, -0.1) is 11.3 Å². The van der Waals surface area contributed by atoms with E-state index in [0.717, 1.165) is 20.5 Å². The van der Waals surface area contributed by atoms with E-state index in [1.165, 1.54) is 23.5 Å². The van der Waals surface area contributed by atoms with Crippen LogP contribution in [0.1, 0.15) is 10.4 Å². The van der Waals surface area contributed by atoms with Gasteiger partial charge in [0.15, 0.2) is 0 Å². The van der Waals surface area contributed by atoms with Crippen LogP contribution >= 0.6 is 11.3 Å². The SMILES string of the molecule is Cc1c(C(=N)N)sc2ccc(F)cc12. The minimum atomic E-state index is -0.256. The topological polar surface area (TPSA) is 49.9 Å². The Balaban J connectivity index is 2.80. The molecular formula is C10H9FN2S. The van der Waals surface area contributed by atoms with Crippen molar-refractivity contribution in [2.75, 3.05) is 0 Å². The second kappa shape index (κ2) is 3.06. The molecule has 0 saturated carbocycles. The summed E-state index contributed by atoms with van der Waals surface area (Å²) in [6.07, 6.45) is 0. The van der Waals surface area contributed by atoms with Crippen LogP contribution in [-0.4, -0.2) is 5.84 Å². The molecule has 3 N–H and O–H groups in total. The predicted octanol–water partition coefficient (Wildman–Crippen LogP) is 2.63. The summed E-state index contributed by atoms with van der Waals surface area (Å²) >= 11 is 1.42. The number of hydrogen-bond acceptors (Lipinski definition) is 2. The molecule has 0 fully saturated rings. The quantitative estimate of drug-likeness (QED) is 0.549. The van der Waals surface area contributed by atoms with Crippen molar-refractivity contribution in [3.05, 3.63) is 34.5 Å². The maximum Gasteiger partial charge on any atom is 0.133 e. The van der Waals surface area contributed by atoms with Gasteiger partial charge in [-0.3, -0.25) is 5.41 Å². The molecule has 2 aromatic rings. The Morgan fingerprint density at radius 3 is 2.86 bits per heavy atom. The normalized spacial score (nSPS) is 10.7. The van der Waals surface area contributed by atoms with Gasteiger partial charge in [-0.1, -0.05) is 0 Å². The Hall–Kier alpha value is -1.42. The fourth-order valence-electron chi connectivity index (χ4n) is 1.45. The molecule has 2 rings (SSSR count). The van der Waals surface area contributed by atoms with Crippen LogP contribution < -0.4 is 5.73 Å². The lowest BCUT2D eigenvalue weighted by molar-refractivity contribution is 0.630. The molecule has 0 aliphatic heterocycles. The van der Waals surface area contributed by atoms with Crippen LogP contribution in [0.15, 0.2) is 18.2 Å². The van der Waals surface area contributed by atoms with Gasteiger partial charge in [0.1, 0.15) is 11.7 Å². The molecule has 0 spiro atoms. The van der Waals surface area contributed by atoms with Crippen LogP contribution in [0.3, 0.4) is 0 Å². The average molecular weight is 208 g/mol. The molecule has 72 valence electrons. The number of fused-ring (bicyclic) bond motifs is 1. The molecule has 2 nitrogen and oxygen atoms in total. The largest absolute Gasteiger partial charge is 0.383 e. The highest BCUT2D eigenvalue weighted by molar-refractivity contribution is 7.21. The smallest absolute Gasteiger partial charge is 0.133 e. The molecular weight excluding hydrogens is 199 g/mol. The Morgan fingerprint density at radius 1 is 1.50 bits per heavy atom. The summed E-state index contributed by atoms with van der Waals surface area (Å²) in [6.45, 7) is 1.86. The minimum absolute atomic E-state index is 0.0455. The molecule has 0 aliphatic carbocycles. The standard InChI is InChI=1S/C10H9FN2S/c1-5-7-4-6(11)2-3-8(7)14-9(5)10(12)13/h2-4H,1H3,(H3,12,13). The van der Waals surface area contributed by atoms with Crippen molar-refractivity contribution in [2.45, 2.75) is 6.92 Å². The van der Waals surface area contributed by atoms with Crippen molar-refractivity contribution in [3.63, 3.8) is 0 Å². The van der Waals surface area contributed by atoms with E-state index in [1.807, 2.05) is 6.92 Å². The summed E-state index contributed by atoms with van der Waals surface area (Å²) < 4.78 is 13.9. The maximum absolute atomic E-state index is 12.9. The van der Waals surface area contributed by atoms with Crippen molar-refractivity contribution in [1.29, 1.82) is 5.41 Å². The van der Waals surface area contributed by atoms with E-state index in [-0.39, 0.29) is 11.7 Å². The predicted molar refractivity (Wildman–Crippen MR) is 57.5 cm³/mol. The van der Waals surface area contributed by atoms with Crippen molar-refractivity contribution >= 4 is 27.3 Å². The van der Waals surface area contributed by atoms with E-state index in [9.17, 15) is 4.39 Å². The minimum Gasteiger partial charge on any atom is -0.383 e. The Bertz CT molecular complexity index is 516. The van der Waals surface area contributed by atoms with Gasteiger partial charge in [0.2, 0.25) is 0 Å². The molecule has 0 atom stereocenters. The van der Waals surface area contributed by atoms with Gasteiger partial charge in [-0.25, -0.2) is 4.39 Å². The van der Waals surface area contributed by atoms with Crippen molar-refractivity contribution in [1.82, 2.24) is 0 Å². The van der Waals surface area contributed by atoms with Crippen molar-refractivity contribution in [2.24, 2.45) is 5.73 Å². The summed E-state index contributed by atoms with van der Waals surface area (Å²) in [5, 5.41) is 8.20. The number of nitrogens with two attached hydrogens (primary N) is 1. The van der Waals surface area contributed by atoms with Crippen LogP contribution in [-0.2, 0) is 0 Å². The Labute approximate surface area is 84.7 Å². The molecule has 0 radical (unpaired) electrons. The zero-order valence-electron chi connectivity index (χ0n) is 7.60.